The number of rotatable bonds is 9. The summed E-state index contributed by atoms with van der Waals surface area (Å²) in [4.78, 5) is 14.1. The predicted molar refractivity (Wildman–Crippen MR) is 108 cm³/mol. The van der Waals surface area contributed by atoms with Crippen LogP contribution in [0.5, 0.6) is 17.5 Å². The van der Waals surface area contributed by atoms with E-state index in [2.05, 4.69) is 14.8 Å². The van der Waals surface area contributed by atoms with E-state index in [1.807, 2.05) is 0 Å². The van der Waals surface area contributed by atoms with Crippen molar-refractivity contribution in [3.8, 4) is 23.2 Å². The minimum Gasteiger partial charge on any atom is -0.497 e. The van der Waals surface area contributed by atoms with Gasteiger partial charge in [-0.05, 0) is 12.1 Å². The second kappa shape index (κ2) is 8.97. The van der Waals surface area contributed by atoms with E-state index < -0.39 is 20.6 Å². The molecule has 1 N–H and O–H groups in total. The highest BCUT2D eigenvalue weighted by atomic mass is 32.2. The van der Waals surface area contributed by atoms with Crippen LogP contribution in [0.15, 0.2) is 47.6 Å². The fraction of sp³-hybridized carbons (Fsp3) is 0.222. The first-order valence-corrected chi connectivity index (χ1v) is 10.2. The summed E-state index contributed by atoms with van der Waals surface area (Å²) in [6.07, 6.45) is 1.24. The first-order valence-electron chi connectivity index (χ1n) is 8.74. The molecule has 3 aromatic rings. The zero-order valence-corrected chi connectivity index (χ0v) is 17.6. The molecule has 2 aromatic carbocycles. The minimum atomic E-state index is -4.20. The van der Waals surface area contributed by atoms with Crippen molar-refractivity contribution in [1.29, 1.82) is 0 Å². The normalized spacial score (nSPS) is 11.2. The van der Waals surface area contributed by atoms with Crippen molar-refractivity contribution in [2.75, 3.05) is 21.3 Å². The maximum Gasteiger partial charge on any atom is 0.335 e. The molecule has 12 nitrogen and oxygen atoms in total. The molecule has 0 aliphatic rings. The number of nitro groups is 1. The number of nitrogens with zero attached hydrogens (tertiary/aromatic N) is 4. The smallest absolute Gasteiger partial charge is 0.335 e. The van der Waals surface area contributed by atoms with Gasteiger partial charge in [0.05, 0.1) is 31.9 Å². The van der Waals surface area contributed by atoms with E-state index in [1.165, 1.54) is 39.8 Å². The molecule has 0 amide bonds. The zero-order valence-electron chi connectivity index (χ0n) is 16.8. The van der Waals surface area contributed by atoms with Crippen molar-refractivity contribution in [1.82, 2.24) is 19.5 Å². The van der Waals surface area contributed by atoms with Crippen LogP contribution in [0.1, 0.15) is 5.56 Å². The molecule has 13 heteroatoms. The van der Waals surface area contributed by atoms with Gasteiger partial charge in [0.25, 0.3) is 5.69 Å². The van der Waals surface area contributed by atoms with Crippen LogP contribution >= 0.6 is 0 Å². The van der Waals surface area contributed by atoms with Crippen molar-refractivity contribution in [3.63, 3.8) is 0 Å². The number of nitrogens with one attached hydrogen (secondary N) is 1. The van der Waals surface area contributed by atoms with Crippen LogP contribution in [0.25, 0.3) is 5.69 Å². The lowest BCUT2D eigenvalue weighted by atomic mass is 10.2. The largest absolute Gasteiger partial charge is 0.497 e. The number of benzene rings is 2. The number of hydrogen-bond donors (Lipinski definition) is 1. The van der Waals surface area contributed by atoms with E-state index >= 15 is 0 Å². The van der Waals surface area contributed by atoms with Crippen LogP contribution in [0.2, 0.25) is 0 Å². The Morgan fingerprint density at radius 3 is 2.48 bits per heavy atom. The summed E-state index contributed by atoms with van der Waals surface area (Å²) >= 11 is 0. The first kappa shape index (κ1) is 22.0. The van der Waals surface area contributed by atoms with Gasteiger partial charge in [0.15, 0.2) is 0 Å². The van der Waals surface area contributed by atoms with Crippen molar-refractivity contribution >= 4 is 15.7 Å². The lowest BCUT2D eigenvalue weighted by Gasteiger charge is -2.13. The Labute approximate surface area is 177 Å². The Balaban J connectivity index is 1.99. The minimum absolute atomic E-state index is 0.0117. The van der Waals surface area contributed by atoms with E-state index in [1.54, 1.807) is 18.2 Å². The Bertz CT molecular complexity index is 1210. The SMILES string of the molecule is COc1ccc(CNS(=O)(=O)c2cc([N+](=O)[O-])ccc2-n2cnc(OC)n2)c(OC)c1. The average molecular weight is 449 g/mol. The van der Waals surface area contributed by atoms with Crippen LogP contribution in [0.3, 0.4) is 0 Å². The molecule has 0 saturated heterocycles. The van der Waals surface area contributed by atoms with Crippen molar-refractivity contribution in [2.45, 2.75) is 11.4 Å². The third-order valence-corrected chi connectivity index (χ3v) is 5.72. The second-order valence-corrected chi connectivity index (χ2v) is 7.82. The molecule has 0 bridgehead atoms. The molecule has 164 valence electrons. The van der Waals surface area contributed by atoms with Crippen LogP contribution in [0.4, 0.5) is 5.69 Å². The molecule has 0 saturated carbocycles. The highest BCUT2D eigenvalue weighted by molar-refractivity contribution is 7.89. The van der Waals surface area contributed by atoms with Crippen LogP contribution in [-0.2, 0) is 16.6 Å². The Morgan fingerprint density at radius 2 is 1.87 bits per heavy atom. The topological polar surface area (TPSA) is 148 Å². The summed E-state index contributed by atoms with van der Waals surface area (Å²) in [6.45, 7) is -0.127. The molecule has 0 aliphatic carbocycles. The fourth-order valence-corrected chi connectivity index (χ4v) is 3.94. The van der Waals surface area contributed by atoms with Gasteiger partial charge in [-0.2, -0.15) is 4.98 Å². The van der Waals surface area contributed by atoms with Gasteiger partial charge in [0.1, 0.15) is 22.7 Å². The highest BCUT2D eigenvalue weighted by Gasteiger charge is 2.24. The number of ether oxygens (including phenoxy) is 3. The Morgan fingerprint density at radius 1 is 1.10 bits per heavy atom. The van der Waals surface area contributed by atoms with Gasteiger partial charge in [-0.3, -0.25) is 10.1 Å². The van der Waals surface area contributed by atoms with E-state index in [4.69, 9.17) is 14.2 Å². The van der Waals surface area contributed by atoms with E-state index in [0.29, 0.717) is 17.1 Å². The summed E-state index contributed by atoms with van der Waals surface area (Å²) in [5.74, 6) is 0.965. The third-order valence-electron chi connectivity index (χ3n) is 4.29. The van der Waals surface area contributed by atoms with Gasteiger partial charge < -0.3 is 14.2 Å². The first-order chi connectivity index (χ1) is 14.8. The predicted octanol–water partition coefficient (Wildman–Crippen LogP) is 1.68. The molecule has 0 unspecified atom stereocenters. The quantitative estimate of drug-likeness (QED) is 0.380. The molecule has 0 atom stereocenters. The molecule has 31 heavy (non-hydrogen) atoms. The summed E-state index contributed by atoms with van der Waals surface area (Å²) in [5.41, 5.74) is 0.218. The number of sulfonamides is 1. The molecule has 1 aromatic heterocycles. The molecule has 3 rings (SSSR count). The summed E-state index contributed by atoms with van der Waals surface area (Å²) < 4.78 is 45.1. The number of nitro benzene ring substituents is 1. The van der Waals surface area contributed by atoms with E-state index in [9.17, 15) is 18.5 Å². The lowest BCUT2D eigenvalue weighted by Crippen LogP contribution is -2.25. The molecule has 0 radical (unpaired) electrons. The molecular weight excluding hydrogens is 430 g/mol. The summed E-state index contributed by atoms with van der Waals surface area (Å²) in [5, 5.41) is 15.2. The van der Waals surface area contributed by atoms with Crippen molar-refractivity contribution in [2.24, 2.45) is 0 Å². The van der Waals surface area contributed by atoms with Crippen LogP contribution < -0.4 is 18.9 Å². The second-order valence-electron chi connectivity index (χ2n) is 6.09. The molecule has 1 heterocycles. The summed E-state index contributed by atoms with van der Waals surface area (Å²) in [7, 11) is 0.104. The average Bonchev–Trinajstić information content (AvgIpc) is 3.26. The maximum atomic E-state index is 13.1. The van der Waals surface area contributed by atoms with Gasteiger partial charge in [-0.15, -0.1) is 5.10 Å². The number of hydrogen-bond acceptors (Lipinski definition) is 9. The molecular formula is C18H19N5O7S. The van der Waals surface area contributed by atoms with Gasteiger partial charge in [-0.1, -0.05) is 6.07 Å². The Hall–Kier alpha value is -3.71. The monoisotopic (exact) mass is 449 g/mol. The van der Waals surface area contributed by atoms with E-state index in [-0.39, 0.29) is 23.1 Å². The lowest BCUT2D eigenvalue weighted by molar-refractivity contribution is -0.385. The number of non-ortho nitro benzene ring substituents is 1. The number of aromatic nitrogens is 3. The van der Waals surface area contributed by atoms with E-state index in [0.717, 1.165) is 10.7 Å². The fourth-order valence-electron chi connectivity index (χ4n) is 2.73. The van der Waals surface area contributed by atoms with Crippen molar-refractivity contribution < 1.29 is 27.6 Å². The van der Waals surface area contributed by atoms with Gasteiger partial charge in [-0.25, -0.2) is 17.8 Å². The Kier molecular flexibility index (Phi) is 6.36. The third kappa shape index (κ3) is 4.73. The van der Waals surface area contributed by atoms with Crippen LogP contribution in [0, 0.1) is 10.1 Å². The molecule has 0 spiro atoms. The van der Waals surface area contributed by atoms with Crippen LogP contribution in [-0.4, -0.2) is 49.4 Å². The zero-order chi connectivity index (χ0) is 22.6. The number of methoxy groups -OCH3 is 3. The standard InChI is InChI=1S/C18H19N5O7S/c1-28-14-6-4-12(16(9-14)29-2)10-20-31(26,27)17-8-13(23(24)25)5-7-15(17)22-11-19-18(21-22)30-3/h4-9,11,20H,10H2,1-3H3. The van der Waals surface area contributed by atoms with Crippen molar-refractivity contribution in [3.05, 3.63) is 58.4 Å². The highest BCUT2D eigenvalue weighted by Crippen LogP contribution is 2.27. The summed E-state index contributed by atoms with van der Waals surface area (Å²) in [6, 6.07) is 8.34. The molecule has 0 aliphatic heterocycles. The van der Waals surface area contributed by atoms with Gasteiger partial charge >= 0.3 is 6.01 Å². The maximum absolute atomic E-state index is 13.1. The van der Waals surface area contributed by atoms with Gasteiger partial charge in [0, 0.05) is 30.3 Å². The molecule has 0 fully saturated rings. The van der Waals surface area contributed by atoms with Gasteiger partial charge in [0.2, 0.25) is 10.0 Å².